The molecule has 1 amide bonds. The van der Waals surface area contributed by atoms with Crippen LogP contribution in [0.1, 0.15) is 36.0 Å². The zero-order valence-electron chi connectivity index (χ0n) is 16.5. The molecule has 0 aliphatic heterocycles. The number of carbonyl (C=O) groups is 1. The minimum absolute atomic E-state index is 0.0117. The van der Waals surface area contributed by atoms with Gasteiger partial charge in [-0.1, -0.05) is 91.7 Å². The molecule has 0 heterocycles. The fourth-order valence-electron chi connectivity index (χ4n) is 4.03. The minimum atomic E-state index is -0.826. The Morgan fingerprint density at radius 3 is 1.97 bits per heavy atom. The Bertz CT molecular complexity index is 906. The highest BCUT2D eigenvalue weighted by Crippen LogP contribution is 2.34. The lowest BCUT2D eigenvalue weighted by Crippen LogP contribution is -2.50. The van der Waals surface area contributed by atoms with Gasteiger partial charge in [-0.3, -0.25) is 4.79 Å². The molecule has 29 heavy (non-hydrogen) atoms. The molecule has 0 aromatic heterocycles. The SMILES string of the molecule is N[C@@H]1CCCC[C@H]1NC(=O)c1ccccc1P(c1ccccc1)c1ccccc1. The Morgan fingerprint density at radius 2 is 1.34 bits per heavy atom. The van der Waals surface area contributed by atoms with Crippen molar-refractivity contribution in [2.45, 2.75) is 37.8 Å². The van der Waals surface area contributed by atoms with Crippen LogP contribution in [0.25, 0.3) is 0 Å². The van der Waals surface area contributed by atoms with Crippen molar-refractivity contribution in [2.75, 3.05) is 0 Å². The molecule has 0 unspecified atom stereocenters. The maximum atomic E-state index is 13.3. The van der Waals surface area contributed by atoms with Crippen molar-refractivity contribution >= 4 is 29.7 Å². The fraction of sp³-hybridized carbons (Fsp3) is 0.240. The Hall–Kier alpha value is -2.48. The van der Waals surface area contributed by atoms with E-state index in [9.17, 15) is 4.79 Å². The largest absolute Gasteiger partial charge is 0.348 e. The highest BCUT2D eigenvalue weighted by atomic mass is 31.1. The number of rotatable bonds is 5. The van der Waals surface area contributed by atoms with Gasteiger partial charge >= 0.3 is 0 Å². The first-order chi connectivity index (χ1) is 14.2. The standard InChI is InChI=1S/C25H27N2OP/c26-22-16-8-9-17-23(22)27-25(28)21-15-7-10-18-24(21)29(19-11-3-1-4-12-19)20-13-5-2-6-14-20/h1-7,10-15,18,22-23H,8-9,16-17,26H2,(H,27,28)/t22-,23-/m1/s1. The maximum absolute atomic E-state index is 13.3. The number of nitrogens with two attached hydrogens (primary N) is 1. The number of hydrogen-bond acceptors (Lipinski definition) is 2. The summed E-state index contributed by atoms with van der Waals surface area (Å²) in [6.45, 7) is 0. The van der Waals surface area contributed by atoms with Gasteiger partial charge in [-0.05, 0) is 42.7 Å². The van der Waals surface area contributed by atoms with Crippen molar-refractivity contribution in [3.63, 3.8) is 0 Å². The molecule has 1 aliphatic carbocycles. The van der Waals surface area contributed by atoms with Crippen molar-refractivity contribution in [1.82, 2.24) is 5.32 Å². The summed E-state index contributed by atoms with van der Waals surface area (Å²) in [7, 11) is -0.826. The molecule has 3 aromatic carbocycles. The van der Waals surface area contributed by atoms with Gasteiger partial charge in [0.25, 0.3) is 5.91 Å². The van der Waals surface area contributed by atoms with E-state index >= 15 is 0 Å². The van der Waals surface area contributed by atoms with E-state index in [4.69, 9.17) is 5.73 Å². The summed E-state index contributed by atoms with van der Waals surface area (Å²) < 4.78 is 0. The second kappa shape index (κ2) is 9.35. The van der Waals surface area contributed by atoms with Crippen molar-refractivity contribution in [3.8, 4) is 0 Å². The number of carbonyl (C=O) groups excluding carboxylic acids is 1. The van der Waals surface area contributed by atoms with Gasteiger partial charge in [0.2, 0.25) is 0 Å². The topological polar surface area (TPSA) is 55.1 Å². The lowest BCUT2D eigenvalue weighted by molar-refractivity contribution is 0.0922. The van der Waals surface area contributed by atoms with Crippen LogP contribution in [-0.4, -0.2) is 18.0 Å². The summed E-state index contributed by atoms with van der Waals surface area (Å²) >= 11 is 0. The molecule has 1 aliphatic rings. The van der Waals surface area contributed by atoms with Crippen LogP contribution in [0, 0.1) is 0 Å². The van der Waals surface area contributed by atoms with Crippen LogP contribution in [0.5, 0.6) is 0 Å². The number of hydrogen-bond donors (Lipinski definition) is 2. The van der Waals surface area contributed by atoms with Crippen LogP contribution in [0.3, 0.4) is 0 Å². The average Bonchev–Trinajstić information content (AvgIpc) is 2.77. The predicted molar refractivity (Wildman–Crippen MR) is 123 cm³/mol. The predicted octanol–water partition coefficient (Wildman–Crippen LogP) is 3.44. The van der Waals surface area contributed by atoms with E-state index < -0.39 is 7.92 Å². The Kier molecular flexibility index (Phi) is 6.39. The highest BCUT2D eigenvalue weighted by Gasteiger charge is 2.26. The monoisotopic (exact) mass is 402 g/mol. The average molecular weight is 402 g/mol. The van der Waals surface area contributed by atoms with E-state index in [0.717, 1.165) is 36.6 Å². The van der Waals surface area contributed by atoms with Crippen LogP contribution in [0.2, 0.25) is 0 Å². The summed E-state index contributed by atoms with van der Waals surface area (Å²) in [5.74, 6) is -0.0117. The van der Waals surface area contributed by atoms with Gasteiger partial charge in [0, 0.05) is 17.6 Å². The van der Waals surface area contributed by atoms with Crippen LogP contribution >= 0.6 is 7.92 Å². The van der Waals surface area contributed by atoms with E-state index in [1.807, 2.05) is 30.3 Å². The molecule has 1 saturated carbocycles. The van der Waals surface area contributed by atoms with E-state index in [0.29, 0.717) is 0 Å². The number of benzene rings is 3. The Labute approximate surface area is 174 Å². The molecule has 148 valence electrons. The molecule has 4 rings (SSSR count). The molecule has 0 spiro atoms. The van der Waals surface area contributed by atoms with Crippen LogP contribution in [-0.2, 0) is 0 Å². The van der Waals surface area contributed by atoms with Crippen molar-refractivity contribution < 1.29 is 4.79 Å². The normalized spacial score (nSPS) is 19.1. The van der Waals surface area contributed by atoms with Gasteiger partial charge in [-0.2, -0.15) is 0 Å². The van der Waals surface area contributed by atoms with E-state index in [2.05, 4.69) is 59.9 Å². The molecule has 0 bridgehead atoms. The van der Waals surface area contributed by atoms with Crippen molar-refractivity contribution in [3.05, 3.63) is 90.5 Å². The third-order valence-corrected chi connectivity index (χ3v) is 8.06. The third kappa shape index (κ3) is 4.58. The van der Waals surface area contributed by atoms with Gasteiger partial charge in [0.15, 0.2) is 0 Å². The van der Waals surface area contributed by atoms with Gasteiger partial charge in [-0.25, -0.2) is 0 Å². The van der Waals surface area contributed by atoms with E-state index in [1.54, 1.807) is 0 Å². The zero-order chi connectivity index (χ0) is 20.1. The molecule has 3 nitrogen and oxygen atoms in total. The smallest absolute Gasteiger partial charge is 0.252 e. The summed E-state index contributed by atoms with van der Waals surface area (Å²) in [4.78, 5) is 13.3. The second-order valence-electron chi connectivity index (χ2n) is 7.55. The minimum Gasteiger partial charge on any atom is -0.348 e. The molecule has 3 aromatic rings. The molecule has 3 N–H and O–H groups in total. The van der Waals surface area contributed by atoms with E-state index in [1.165, 1.54) is 10.6 Å². The quantitative estimate of drug-likeness (QED) is 0.643. The third-order valence-electron chi connectivity index (χ3n) is 5.55. The molecule has 0 saturated heterocycles. The number of amides is 1. The number of nitrogens with one attached hydrogen (secondary N) is 1. The van der Waals surface area contributed by atoms with Gasteiger partial charge in [0.05, 0.1) is 0 Å². The first kappa shape index (κ1) is 19.8. The molecular formula is C25H27N2OP. The Balaban J connectivity index is 1.72. The van der Waals surface area contributed by atoms with Crippen LogP contribution in [0.4, 0.5) is 0 Å². The van der Waals surface area contributed by atoms with Gasteiger partial charge in [-0.15, -0.1) is 0 Å². The van der Waals surface area contributed by atoms with Gasteiger partial charge < -0.3 is 11.1 Å². The highest BCUT2D eigenvalue weighted by molar-refractivity contribution is 7.80. The van der Waals surface area contributed by atoms with Crippen LogP contribution < -0.4 is 27.0 Å². The van der Waals surface area contributed by atoms with Gasteiger partial charge in [0.1, 0.15) is 0 Å². The first-order valence-electron chi connectivity index (χ1n) is 10.3. The lowest BCUT2D eigenvalue weighted by atomic mass is 9.91. The maximum Gasteiger partial charge on any atom is 0.252 e. The molecule has 4 heteroatoms. The molecule has 1 fully saturated rings. The molecule has 2 atom stereocenters. The zero-order valence-corrected chi connectivity index (χ0v) is 17.4. The lowest BCUT2D eigenvalue weighted by Gasteiger charge is -2.30. The summed E-state index contributed by atoms with van der Waals surface area (Å²) in [5.41, 5.74) is 7.03. The summed E-state index contributed by atoms with van der Waals surface area (Å²) in [6, 6.07) is 29.1. The van der Waals surface area contributed by atoms with Crippen molar-refractivity contribution in [1.29, 1.82) is 0 Å². The fourth-order valence-corrected chi connectivity index (χ4v) is 6.47. The second-order valence-corrected chi connectivity index (χ2v) is 9.74. The van der Waals surface area contributed by atoms with E-state index in [-0.39, 0.29) is 18.0 Å². The Morgan fingerprint density at radius 1 is 0.793 bits per heavy atom. The summed E-state index contributed by atoms with van der Waals surface area (Å²) in [5, 5.41) is 6.79. The van der Waals surface area contributed by atoms with Crippen molar-refractivity contribution in [2.24, 2.45) is 5.73 Å². The molecular weight excluding hydrogens is 375 g/mol. The molecule has 0 radical (unpaired) electrons. The van der Waals surface area contributed by atoms with Crippen LogP contribution in [0.15, 0.2) is 84.9 Å². The summed E-state index contributed by atoms with van der Waals surface area (Å²) in [6.07, 6.45) is 4.22. The first-order valence-corrected chi connectivity index (χ1v) is 11.6.